The maximum Gasteiger partial charge on any atom is 0.338 e. The van der Waals surface area contributed by atoms with Gasteiger partial charge in [0.15, 0.2) is 0 Å². The van der Waals surface area contributed by atoms with Gasteiger partial charge in [0, 0.05) is 6.54 Å². The van der Waals surface area contributed by atoms with Crippen molar-refractivity contribution in [3.8, 4) is 0 Å². The molecule has 0 aliphatic carbocycles. The van der Waals surface area contributed by atoms with Gasteiger partial charge in [-0.25, -0.2) is 4.79 Å². The normalized spacial score (nSPS) is 9.76. The van der Waals surface area contributed by atoms with Gasteiger partial charge in [-0.1, -0.05) is 18.2 Å². The number of nitrogens with one attached hydrogen (secondary N) is 1. The van der Waals surface area contributed by atoms with Crippen LogP contribution in [0.25, 0.3) is 0 Å². The third-order valence-electron chi connectivity index (χ3n) is 2.24. The Morgan fingerprint density at radius 2 is 1.88 bits per heavy atom. The molecule has 1 aromatic carbocycles. The van der Waals surface area contributed by atoms with Gasteiger partial charge < -0.3 is 14.8 Å². The zero-order chi connectivity index (χ0) is 12.7. The zero-order valence-corrected chi connectivity index (χ0v) is 9.86. The SMILES string of the molecule is COC(=O)CNCc1ccccc1C(=O)OC. The molecule has 0 heterocycles. The topological polar surface area (TPSA) is 64.6 Å². The minimum absolute atomic E-state index is 0.103. The molecule has 0 atom stereocenters. The van der Waals surface area contributed by atoms with E-state index in [9.17, 15) is 9.59 Å². The molecule has 17 heavy (non-hydrogen) atoms. The molecular weight excluding hydrogens is 222 g/mol. The first kappa shape index (κ1) is 13.2. The second-order valence-electron chi connectivity index (χ2n) is 3.33. The average molecular weight is 237 g/mol. The van der Waals surface area contributed by atoms with Crippen molar-refractivity contribution < 1.29 is 19.1 Å². The molecule has 0 saturated heterocycles. The van der Waals surface area contributed by atoms with Crippen LogP contribution in [0.5, 0.6) is 0 Å². The van der Waals surface area contributed by atoms with E-state index in [-0.39, 0.29) is 18.5 Å². The largest absolute Gasteiger partial charge is 0.468 e. The van der Waals surface area contributed by atoms with Crippen LogP contribution in [0, 0.1) is 0 Å². The Labute approximate surface area is 99.7 Å². The number of rotatable bonds is 5. The van der Waals surface area contributed by atoms with E-state index in [1.165, 1.54) is 14.2 Å². The zero-order valence-electron chi connectivity index (χ0n) is 9.86. The van der Waals surface area contributed by atoms with E-state index < -0.39 is 0 Å². The highest BCUT2D eigenvalue weighted by molar-refractivity contribution is 5.90. The Kier molecular flexibility index (Phi) is 5.16. The molecule has 1 N–H and O–H groups in total. The summed E-state index contributed by atoms with van der Waals surface area (Å²) in [6, 6.07) is 7.06. The van der Waals surface area contributed by atoms with Crippen molar-refractivity contribution in [2.75, 3.05) is 20.8 Å². The monoisotopic (exact) mass is 237 g/mol. The van der Waals surface area contributed by atoms with E-state index in [0.29, 0.717) is 12.1 Å². The molecule has 0 amide bonds. The molecule has 0 aromatic heterocycles. The Hall–Kier alpha value is -1.88. The lowest BCUT2D eigenvalue weighted by Crippen LogP contribution is -2.24. The van der Waals surface area contributed by atoms with Gasteiger partial charge in [0.2, 0.25) is 0 Å². The number of ether oxygens (including phenoxy) is 2. The molecule has 92 valence electrons. The minimum atomic E-state index is -0.388. The second kappa shape index (κ2) is 6.65. The highest BCUT2D eigenvalue weighted by Crippen LogP contribution is 2.09. The summed E-state index contributed by atoms with van der Waals surface area (Å²) in [5, 5.41) is 2.89. The van der Waals surface area contributed by atoms with Crippen molar-refractivity contribution in [3.63, 3.8) is 0 Å². The van der Waals surface area contributed by atoms with E-state index in [1.807, 2.05) is 6.07 Å². The van der Waals surface area contributed by atoms with Crippen molar-refractivity contribution in [2.24, 2.45) is 0 Å². The van der Waals surface area contributed by atoms with Gasteiger partial charge in [0.05, 0.1) is 26.3 Å². The van der Waals surface area contributed by atoms with Crippen LogP contribution in [-0.4, -0.2) is 32.7 Å². The fourth-order valence-corrected chi connectivity index (χ4v) is 1.35. The van der Waals surface area contributed by atoms with Crippen LogP contribution in [0.2, 0.25) is 0 Å². The average Bonchev–Trinajstić information content (AvgIpc) is 2.38. The number of esters is 2. The molecule has 0 fully saturated rings. The van der Waals surface area contributed by atoms with Crippen LogP contribution in [0.15, 0.2) is 24.3 Å². The Morgan fingerprint density at radius 3 is 2.53 bits per heavy atom. The van der Waals surface area contributed by atoms with Crippen LogP contribution >= 0.6 is 0 Å². The molecule has 5 nitrogen and oxygen atoms in total. The standard InChI is InChI=1S/C12H15NO4/c1-16-11(14)8-13-7-9-5-3-4-6-10(9)12(15)17-2/h3-6,13H,7-8H2,1-2H3. The molecule has 1 rings (SSSR count). The van der Waals surface area contributed by atoms with Crippen molar-refractivity contribution in [3.05, 3.63) is 35.4 Å². The van der Waals surface area contributed by atoms with E-state index in [4.69, 9.17) is 0 Å². The molecule has 0 radical (unpaired) electrons. The number of carbonyl (C=O) groups is 2. The summed E-state index contributed by atoms with van der Waals surface area (Å²) >= 11 is 0. The lowest BCUT2D eigenvalue weighted by molar-refractivity contribution is -0.139. The van der Waals surface area contributed by atoms with Crippen LogP contribution in [0.1, 0.15) is 15.9 Å². The third kappa shape index (κ3) is 3.88. The molecule has 1 aromatic rings. The van der Waals surface area contributed by atoms with Gasteiger partial charge in [-0.15, -0.1) is 0 Å². The molecule has 0 bridgehead atoms. The van der Waals surface area contributed by atoms with Gasteiger partial charge in [-0.2, -0.15) is 0 Å². The smallest absolute Gasteiger partial charge is 0.338 e. The van der Waals surface area contributed by atoms with Crippen LogP contribution in [0.4, 0.5) is 0 Å². The van der Waals surface area contributed by atoms with Crippen LogP contribution < -0.4 is 5.32 Å². The van der Waals surface area contributed by atoms with Crippen molar-refractivity contribution >= 4 is 11.9 Å². The predicted octanol–water partition coefficient (Wildman–Crippen LogP) is 0.736. The van der Waals surface area contributed by atoms with E-state index >= 15 is 0 Å². The molecule has 0 aliphatic rings. The lowest BCUT2D eigenvalue weighted by atomic mass is 10.1. The first-order valence-corrected chi connectivity index (χ1v) is 5.12. The molecule has 5 heteroatoms. The Balaban J connectivity index is 2.64. The molecular formula is C12H15NO4. The lowest BCUT2D eigenvalue weighted by Gasteiger charge is -2.08. The fourth-order valence-electron chi connectivity index (χ4n) is 1.35. The van der Waals surface area contributed by atoms with Gasteiger partial charge in [0.1, 0.15) is 0 Å². The highest BCUT2D eigenvalue weighted by atomic mass is 16.5. The minimum Gasteiger partial charge on any atom is -0.468 e. The van der Waals surface area contributed by atoms with Crippen molar-refractivity contribution in [1.29, 1.82) is 0 Å². The summed E-state index contributed by atoms with van der Waals surface area (Å²) in [5.74, 6) is -0.735. The van der Waals surface area contributed by atoms with Gasteiger partial charge >= 0.3 is 11.9 Å². The third-order valence-corrected chi connectivity index (χ3v) is 2.24. The first-order valence-electron chi connectivity index (χ1n) is 5.12. The summed E-state index contributed by atoms with van der Waals surface area (Å²) in [6.45, 7) is 0.506. The summed E-state index contributed by atoms with van der Waals surface area (Å²) < 4.78 is 9.16. The Morgan fingerprint density at radius 1 is 1.18 bits per heavy atom. The maximum absolute atomic E-state index is 11.4. The number of hydrogen-bond acceptors (Lipinski definition) is 5. The van der Waals surface area contributed by atoms with E-state index in [1.54, 1.807) is 18.2 Å². The molecule has 0 spiro atoms. The quantitative estimate of drug-likeness (QED) is 0.765. The highest BCUT2D eigenvalue weighted by Gasteiger charge is 2.10. The fraction of sp³-hybridized carbons (Fsp3) is 0.333. The predicted molar refractivity (Wildman–Crippen MR) is 61.5 cm³/mol. The maximum atomic E-state index is 11.4. The number of carbonyl (C=O) groups excluding carboxylic acids is 2. The second-order valence-corrected chi connectivity index (χ2v) is 3.33. The van der Waals surface area contributed by atoms with Crippen LogP contribution in [-0.2, 0) is 20.8 Å². The Bertz CT molecular complexity index is 403. The number of hydrogen-bond donors (Lipinski definition) is 1. The van der Waals surface area contributed by atoms with Gasteiger partial charge in [-0.05, 0) is 11.6 Å². The molecule has 0 unspecified atom stereocenters. The van der Waals surface area contributed by atoms with E-state index in [2.05, 4.69) is 14.8 Å². The molecule has 0 aliphatic heterocycles. The van der Waals surface area contributed by atoms with Crippen molar-refractivity contribution in [2.45, 2.75) is 6.54 Å². The number of methoxy groups -OCH3 is 2. The molecule has 0 saturated carbocycles. The summed E-state index contributed by atoms with van der Waals surface area (Å²) in [4.78, 5) is 22.3. The van der Waals surface area contributed by atoms with Crippen LogP contribution in [0.3, 0.4) is 0 Å². The van der Waals surface area contributed by atoms with Gasteiger partial charge in [0.25, 0.3) is 0 Å². The summed E-state index contributed by atoms with van der Waals surface area (Å²) in [6.07, 6.45) is 0. The first-order chi connectivity index (χ1) is 8.19. The summed E-state index contributed by atoms with van der Waals surface area (Å²) in [5.41, 5.74) is 1.27. The number of benzene rings is 1. The van der Waals surface area contributed by atoms with Gasteiger partial charge in [-0.3, -0.25) is 4.79 Å². The summed E-state index contributed by atoms with van der Waals surface area (Å²) in [7, 11) is 2.66. The van der Waals surface area contributed by atoms with E-state index in [0.717, 1.165) is 5.56 Å². The van der Waals surface area contributed by atoms with Crippen molar-refractivity contribution in [1.82, 2.24) is 5.32 Å².